The summed E-state index contributed by atoms with van der Waals surface area (Å²) in [6.07, 6.45) is 0.876. The minimum absolute atomic E-state index is 0.0221. The standard InChI is InChI=1S/C23H19ClN2O2S/c24-18-7-11-20(12-8-18)29-15-22(27)25-19-9-5-17(6-10-19)23(28)26-14-13-16-3-1-2-4-21(16)26/h1-12H,13-15H2,(H,25,27). The number of rotatable bonds is 5. The first-order chi connectivity index (χ1) is 14.1. The van der Waals surface area contributed by atoms with Crippen LogP contribution in [0.3, 0.4) is 0 Å². The van der Waals surface area contributed by atoms with E-state index in [1.165, 1.54) is 17.3 Å². The number of thioether (sulfide) groups is 1. The zero-order valence-electron chi connectivity index (χ0n) is 15.6. The molecule has 0 saturated carbocycles. The lowest BCUT2D eigenvalue weighted by Gasteiger charge is -2.17. The summed E-state index contributed by atoms with van der Waals surface area (Å²) in [6, 6.07) is 22.4. The van der Waals surface area contributed by atoms with Gasteiger partial charge >= 0.3 is 0 Å². The molecule has 1 N–H and O–H groups in total. The van der Waals surface area contributed by atoms with Crippen molar-refractivity contribution in [2.75, 3.05) is 22.5 Å². The smallest absolute Gasteiger partial charge is 0.258 e. The number of hydrogen-bond acceptors (Lipinski definition) is 3. The molecule has 0 saturated heterocycles. The predicted molar refractivity (Wildman–Crippen MR) is 119 cm³/mol. The zero-order valence-corrected chi connectivity index (χ0v) is 17.2. The Hall–Kier alpha value is -2.76. The molecule has 0 spiro atoms. The molecule has 2 amide bonds. The summed E-state index contributed by atoms with van der Waals surface area (Å²) < 4.78 is 0. The summed E-state index contributed by atoms with van der Waals surface area (Å²) >= 11 is 7.31. The monoisotopic (exact) mass is 422 g/mol. The highest BCUT2D eigenvalue weighted by Crippen LogP contribution is 2.29. The fraction of sp³-hybridized carbons (Fsp3) is 0.130. The molecule has 4 rings (SSSR count). The summed E-state index contributed by atoms with van der Waals surface area (Å²) in [7, 11) is 0. The molecule has 0 aliphatic carbocycles. The minimum Gasteiger partial charge on any atom is -0.325 e. The molecule has 3 aromatic carbocycles. The molecule has 29 heavy (non-hydrogen) atoms. The van der Waals surface area contributed by atoms with Crippen molar-refractivity contribution in [3.05, 3.63) is 88.9 Å². The van der Waals surface area contributed by atoms with Crippen molar-refractivity contribution in [2.24, 2.45) is 0 Å². The number of amides is 2. The summed E-state index contributed by atoms with van der Waals surface area (Å²) in [5.41, 5.74) is 3.46. The largest absolute Gasteiger partial charge is 0.325 e. The van der Waals surface area contributed by atoms with Gasteiger partial charge in [-0.2, -0.15) is 0 Å². The fourth-order valence-corrected chi connectivity index (χ4v) is 4.10. The van der Waals surface area contributed by atoms with Crippen LogP contribution in [0.2, 0.25) is 5.02 Å². The van der Waals surface area contributed by atoms with Gasteiger partial charge in [-0.15, -0.1) is 11.8 Å². The van der Waals surface area contributed by atoms with Crippen molar-refractivity contribution >= 4 is 46.6 Å². The van der Waals surface area contributed by atoms with E-state index in [4.69, 9.17) is 11.6 Å². The maximum absolute atomic E-state index is 12.9. The minimum atomic E-state index is -0.0995. The molecule has 1 aliphatic rings. The van der Waals surface area contributed by atoms with Crippen LogP contribution in [0.1, 0.15) is 15.9 Å². The maximum atomic E-state index is 12.9. The Morgan fingerprint density at radius 2 is 1.69 bits per heavy atom. The second-order valence-corrected chi connectivity index (χ2v) is 8.19. The fourth-order valence-electron chi connectivity index (χ4n) is 3.28. The topological polar surface area (TPSA) is 49.4 Å². The van der Waals surface area contributed by atoms with Crippen LogP contribution in [0, 0.1) is 0 Å². The number of nitrogens with one attached hydrogen (secondary N) is 1. The van der Waals surface area contributed by atoms with Crippen molar-refractivity contribution in [1.82, 2.24) is 0 Å². The second kappa shape index (κ2) is 8.72. The average molecular weight is 423 g/mol. The number of carbonyl (C=O) groups is 2. The van der Waals surface area contributed by atoms with Gasteiger partial charge in [0, 0.05) is 33.4 Å². The molecule has 3 aromatic rings. The SMILES string of the molecule is O=C(CSc1ccc(Cl)cc1)Nc1ccc(C(=O)N2CCc3ccccc32)cc1. The van der Waals surface area contributed by atoms with Gasteiger partial charge in [0.25, 0.3) is 5.91 Å². The first-order valence-electron chi connectivity index (χ1n) is 9.28. The average Bonchev–Trinajstić information content (AvgIpc) is 3.17. The maximum Gasteiger partial charge on any atom is 0.258 e. The molecule has 0 fully saturated rings. The molecule has 1 aliphatic heterocycles. The zero-order chi connectivity index (χ0) is 20.2. The number of carbonyl (C=O) groups excluding carboxylic acids is 2. The van der Waals surface area contributed by atoms with Gasteiger partial charge in [0.1, 0.15) is 0 Å². The van der Waals surface area contributed by atoms with E-state index in [-0.39, 0.29) is 11.8 Å². The summed E-state index contributed by atoms with van der Waals surface area (Å²) in [4.78, 5) is 27.8. The number of para-hydroxylation sites is 1. The number of nitrogens with zero attached hydrogens (tertiary/aromatic N) is 1. The van der Waals surface area contributed by atoms with Gasteiger partial charge in [-0.3, -0.25) is 9.59 Å². The first kappa shape index (κ1) is 19.6. The highest BCUT2D eigenvalue weighted by atomic mass is 35.5. The van der Waals surface area contributed by atoms with E-state index in [0.717, 1.165) is 17.0 Å². The van der Waals surface area contributed by atoms with E-state index < -0.39 is 0 Å². The summed E-state index contributed by atoms with van der Waals surface area (Å²) in [6.45, 7) is 0.693. The van der Waals surface area contributed by atoms with Gasteiger partial charge in [-0.1, -0.05) is 29.8 Å². The molecule has 6 heteroatoms. The van der Waals surface area contributed by atoms with Gasteiger partial charge in [-0.25, -0.2) is 0 Å². The third-order valence-corrected chi connectivity index (χ3v) is 6.00. The lowest BCUT2D eigenvalue weighted by atomic mass is 10.1. The van der Waals surface area contributed by atoms with Gasteiger partial charge in [-0.05, 0) is 66.6 Å². The highest BCUT2D eigenvalue weighted by Gasteiger charge is 2.24. The third kappa shape index (κ3) is 4.63. The lowest BCUT2D eigenvalue weighted by Crippen LogP contribution is -2.28. The molecule has 146 valence electrons. The second-order valence-electron chi connectivity index (χ2n) is 6.70. The summed E-state index contributed by atoms with van der Waals surface area (Å²) in [5, 5.41) is 3.54. The number of fused-ring (bicyclic) bond motifs is 1. The Kier molecular flexibility index (Phi) is 5.88. The van der Waals surface area contributed by atoms with Crippen LogP contribution in [0.4, 0.5) is 11.4 Å². The Bertz CT molecular complexity index is 1040. The molecule has 1 heterocycles. The Labute approximate surface area is 178 Å². The lowest BCUT2D eigenvalue weighted by molar-refractivity contribution is -0.113. The summed E-state index contributed by atoms with van der Waals surface area (Å²) in [5.74, 6) is 0.177. The van der Waals surface area contributed by atoms with E-state index in [1.54, 1.807) is 36.4 Å². The number of anilines is 2. The molecule has 0 bridgehead atoms. The van der Waals surface area contributed by atoms with Crippen LogP contribution in [-0.4, -0.2) is 24.1 Å². The molecule has 0 atom stereocenters. The third-order valence-electron chi connectivity index (χ3n) is 4.73. The van der Waals surface area contributed by atoms with E-state index in [0.29, 0.717) is 28.6 Å². The van der Waals surface area contributed by atoms with E-state index in [2.05, 4.69) is 11.4 Å². The molecular weight excluding hydrogens is 404 g/mol. The van der Waals surface area contributed by atoms with Crippen molar-refractivity contribution in [1.29, 1.82) is 0 Å². The van der Waals surface area contributed by atoms with Gasteiger partial charge in [0.15, 0.2) is 0 Å². The molecule has 0 radical (unpaired) electrons. The van der Waals surface area contributed by atoms with Gasteiger partial charge < -0.3 is 10.2 Å². The highest BCUT2D eigenvalue weighted by molar-refractivity contribution is 8.00. The van der Waals surface area contributed by atoms with Crippen LogP contribution in [-0.2, 0) is 11.2 Å². The van der Waals surface area contributed by atoms with Gasteiger partial charge in [0.05, 0.1) is 5.75 Å². The normalized spacial score (nSPS) is 12.5. The Morgan fingerprint density at radius 3 is 2.45 bits per heavy atom. The predicted octanol–water partition coefficient (Wildman–Crippen LogP) is 5.27. The molecule has 0 unspecified atom stereocenters. The molecule has 0 aromatic heterocycles. The van der Waals surface area contributed by atoms with Crippen LogP contribution in [0.25, 0.3) is 0 Å². The van der Waals surface area contributed by atoms with Crippen LogP contribution in [0.15, 0.2) is 77.7 Å². The van der Waals surface area contributed by atoms with Crippen molar-refractivity contribution in [3.63, 3.8) is 0 Å². The van der Waals surface area contributed by atoms with E-state index in [9.17, 15) is 9.59 Å². The van der Waals surface area contributed by atoms with Gasteiger partial charge in [0.2, 0.25) is 5.91 Å². The van der Waals surface area contributed by atoms with Crippen LogP contribution >= 0.6 is 23.4 Å². The molecular formula is C23H19ClN2O2S. The number of halogens is 1. The Morgan fingerprint density at radius 1 is 0.966 bits per heavy atom. The first-order valence-corrected chi connectivity index (χ1v) is 10.6. The van der Waals surface area contributed by atoms with E-state index >= 15 is 0 Å². The van der Waals surface area contributed by atoms with Crippen molar-refractivity contribution < 1.29 is 9.59 Å². The van der Waals surface area contributed by atoms with Crippen molar-refractivity contribution in [2.45, 2.75) is 11.3 Å². The van der Waals surface area contributed by atoms with Crippen molar-refractivity contribution in [3.8, 4) is 0 Å². The Balaban J connectivity index is 1.35. The number of benzene rings is 3. The molecule has 4 nitrogen and oxygen atoms in total. The number of hydrogen-bond donors (Lipinski definition) is 1. The quantitative estimate of drug-likeness (QED) is 0.569. The van der Waals surface area contributed by atoms with Crippen LogP contribution in [0.5, 0.6) is 0 Å². The van der Waals surface area contributed by atoms with E-state index in [1.807, 2.05) is 35.2 Å². The van der Waals surface area contributed by atoms with Crippen LogP contribution < -0.4 is 10.2 Å².